The van der Waals surface area contributed by atoms with Crippen LogP contribution in [0.3, 0.4) is 0 Å². The Morgan fingerprint density at radius 3 is 1.50 bits per heavy atom. The first-order valence-corrected chi connectivity index (χ1v) is 16.4. The highest BCUT2D eigenvalue weighted by Crippen LogP contribution is 2.40. The third-order valence-electron chi connectivity index (χ3n) is 6.84. The van der Waals surface area contributed by atoms with Crippen molar-refractivity contribution >= 4 is 55.0 Å². The number of unbranched alkanes of at least 4 members (excludes halogenated alkanes) is 2. The van der Waals surface area contributed by atoms with Gasteiger partial charge in [0.2, 0.25) is 0 Å². The van der Waals surface area contributed by atoms with Gasteiger partial charge in [-0.2, -0.15) is 0 Å². The van der Waals surface area contributed by atoms with Gasteiger partial charge in [-0.1, -0.05) is 102 Å². The second kappa shape index (κ2) is 12.8. The van der Waals surface area contributed by atoms with Crippen LogP contribution in [0.5, 0.6) is 0 Å². The van der Waals surface area contributed by atoms with Crippen LogP contribution < -0.4 is 0 Å². The first-order chi connectivity index (χ1) is 16.6. The summed E-state index contributed by atoms with van der Waals surface area (Å²) in [6.45, 7) is 9.24. The SMILES string of the molecule is CCCCC(CC)Cc1csc(-c2nc3sc(-c4cc(CC(CC)CCCC)cs4)nc3s2)c1. The lowest BCUT2D eigenvalue weighted by molar-refractivity contribution is 0.449. The van der Waals surface area contributed by atoms with Crippen LogP contribution in [0.25, 0.3) is 29.4 Å². The fourth-order valence-electron chi connectivity index (χ4n) is 4.60. The molecular weight excluding hydrogens is 493 g/mol. The van der Waals surface area contributed by atoms with Crippen molar-refractivity contribution in [2.24, 2.45) is 11.8 Å². The summed E-state index contributed by atoms with van der Waals surface area (Å²) in [6, 6.07) is 4.74. The third-order valence-corrected chi connectivity index (χ3v) is 11.2. The van der Waals surface area contributed by atoms with Crippen molar-refractivity contribution in [2.75, 3.05) is 0 Å². The van der Waals surface area contributed by atoms with Crippen LogP contribution in [-0.2, 0) is 12.8 Å². The Bertz CT molecular complexity index is 1030. The van der Waals surface area contributed by atoms with E-state index in [1.807, 2.05) is 22.7 Å². The molecule has 2 atom stereocenters. The van der Waals surface area contributed by atoms with Crippen LogP contribution in [0, 0.1) is 11.8 Å². The van der Waals surface area contributed by atoms with E-state index in [2.05, 4.69) is 50.6 Å². The predicted molar refractivity (Wildman–Crippen MR) is 156 cm³/mol. The molecular formula is C28H38N2S4. The zero-order chi connectivity index (χ0) is 23.9. The van der Waals surface area contributed by atoms with E-state index in [1.54, 1.807) is 22.7 Å². The number of thiazole rings is 2. The number of aromatic nitrogens is 2. The van der Waals surface area contributed by atoms with Gasteiger partial charge < -0.3 is 0 Å². The van der Waals surface area contributed by atoms with Crippen LogP contribution in [-0.4, -0.2) is 9.97 Å². The minimum Gasteiger partial charge on any atom is -0.222 e. The molecule has 0 radical (unpaired) electrons. The standard InChI is InChI=1S/C28H38N2S4/c1-5-9-11-19(7-3)13-21-15-23(31-17-21)25-29-27-28(33-25)30-26(34-27)24-16-22(18-32-24)14-20(8-4)12-10-6-2/h15-20H,5-14H2,1-4H3. The zero-order valence-electron chi connectivity index (χ0n) is 21.1. The van der Waals surface area contributed by atoms with Crippen molar-refractivity contribution in [3.05, 3.63) is 34.0 Å². The van der Waals surface area contributed by atoms with Crippen molar-refractivity contribution < 1.29 is 0 Å². The number of thiophene rings is 2. The summed E-state index contributed by atoms with van der Waals surface area (Å²) in [7, 11) is 0. The molecule has 6 heteroatoms. The molecule has 2 unspecified atom stereocenters. The molecule has 184 valence electrons. The second-order valence-electron chi connectivity index (χ2n) is 9.53. The minimum absolute atomic E-state index is 0.807. The quantitative estimate of drug-likeness (QED) is 0.162. The third kappa shape index (κ3) is 6.57. The summed E-state index contributed by atoms with van der Waals surface area (Å²) in [6.07, 6.45) is 12.9. The molecule has 34 heavy (non-hydrogen) atoms. The van der Waals surface area contributed by atoms with Crippen LogP contribution in [0.1, 0.15) is 90.2 Å². The van der Waals surface area contributed by atoms with E-state index < -0.39 is 0 Å². The van der Waals surface area contributed by atoms with E-state index in [4.69, 9.17) is 9.97 Å². The minimum atomic E-state index is 0.807. The molecule has 0 aliphatic rings. The maximum Gasteiger partial charge on any atom is 0.155 e. The van der Waals surface area contributed by atoms with E-state index >= 15 is 0 Å². The van der Waals surface area contributed by atoms with E-state index in [0.717, 1.165) is 31.5 Å². The highest BCUT2D eigenvalue weighted by molar-refractivity contribution is 7.31. The number of fused-ring (bicyclic) bond motifs is 1. The Balaban J connectivity index is 1.43. The van der Waals surface area contributed by atoms with Crippen LogP contribution >= 0.6 is 45.3 Å². The predicted octanol–water partition coefficient (Wildman–Crippen LogP) is 10.7. The summed E-state index contributed by atoms with van der Waals surface area (Å²) in [5.41, 5.74) is 2.95. The average Bonchev–Trinajstić information content (AvgIpc) is 3.62. The maximum absolute atomic E-state index is 4.98. The summed E-state index contributed by atoms with van der Waals surface area (Å²) < 4.78 is 0. The number of hydrogen-bond acceptors (Lipinski definition) is 6. The molecule has 0 amide bonds. The molecule has 0 aliphatic heterocycles. The van der Waals surface area contributed by atoms with Gasteiger partial charge in [-0.15, -0.1) is 22.7 Å². The van der Waals surface area contributed by atoms with E-state index in [0.29, 0.717) is 0 Å². The monoisotopic (exact) mass is 530 g/mol. The van der Waals surface area contributed by atoms with Gasteiger partial charge in [-0.05, 0) is 58.7 Å². The fraction of sp³-hybridized carbons (Fsp3) is 0.571. The molecule has 0 spiro atoms. The second-order valence-corrected chi connectivity index (χ2v) is 13.3. The molecule has 0 saturated heterocycles. The van der Waals surface area contributed by atoms with Crippen LogP contribution in [0.15, 0.2) is 22.9 Å². The molecule has 0 aromatic carbocycles. The molecule has 4 aromatic heterocycles. The number of hydrogen-bond donors (Lipinski definition) is 0. The van der Waals surface area contributed by atoms with Crippen molar-refractivity contribution in [3.8, 4) is 19.8 Å². The Hall–Kier alpha value is -1.08. The largest absolute Gasteiger partial charge is 0.222 e. The lowest BCUT2D eigenvalue weighted by atomic mass is 9.93. The van der Waals surface area contributed by atoms with Gasteiger partial charge in [0, 0.05) is 0 Å². The summed E-state index contributed by atoms with van der Waals surface area (Å²) in [4.78, 5) is 14.7. The molecule has 0 bridgehead atoms. The Kier molecular flexibility index (Phi) is 9.75. The Labute approximate surface area is 221 Å². The van der Waals surface area contributed by atoms with Crippen molar-refractivity contribution in [3.63, 3.8) is 0 Å². The normalized spacial score (nSPS) is 13.6. The first kappa shape index (κ1) is 26.0. The average molecular weight is 531 g/mol. The number of rotatable bonds is 14. The molecule has 4 rings (SSSR count). The fourth-order valence-corrected chi connectivity index (χ4v) is 8.62. The highest BCUT2D eigenvalue weighted by atomic mass is 32.1. The van der Waals surface area contributed by atoms with Crippen molar-refractivity contribution in [2.45, 2.75) is 91.9 Å². The Morgan fingerprint density at radius 1 is 0.676 bits per heavy atom. The first-order valence-electron chi connectivity index (χ1n) is 13.1. The molecule has 0 saturated carbocycles. The van der Waals surface area contributed by atoms with Gasteiger partial charge in [0.15, 0.2) is 9.66 Å². The van der Waals surface area contributed by atoms with Crippen molar-refractivity contribution in [1.29, 1.82) is 0 Å². The van der Waals surface area contributed by atoms with Gasteiger partial charge in [0.1, 0.15) is 10.0 Å². The van der Waals surface area contributed by atoms with Crippen molar-refractivity contribution in [1.82, 2.24) is 9.97 Å². The lowest BCUT2D eigenvalue weighted by Gasteiger charge is -2.12. The van der Waals surface area contributed by atoms with Crippen LogP contribution in [0.4, 0.5) is 0 Å². The highest BCUT2D eigenvalue weighted by Gasteiger charge is 2.17. The Morgan fingerprint density at radius 2 is 1.12 bits per heavy atom. The van der Waals surface area contributed by atoms with Gasteiger partial charge in [0.05, 0.1) is 9.75 Å². The smallest absolute Gasteiger partial charge is 0.155 e. The molecule has 4 heterocycles. The van der Waals surface area contributed by atoms with E-state index in [-0.39, 0.29) is 0 Å². The molecule has 2 nitrogen and oxygen atoms in total. The molecule has 0 aliphatic carbocycles. The maximum atomic E-state index is 4.98. The van der Waals surface area contributed by atoms with Crippen LogP contribution in [0.2, 0.25) is 0 Å². The molecule has 4 aromatic rings. The van der Waals surface area contributed by atoms with E-state index in [1.165, 1.54) is 85.1 Å². The molecule has 0 fully saturated rings. The topological polar surface area (TPSA) is 25.8 Å². The molecule has 0 N–H and O–H groups in total. The number of nitrogens with zero attached hydrogens (tertiary/aromatic N) is 2. The summed E-state index contributed by atoms with van der Waals surface area (Å²) in [5, 5.41) is 6.95. The van der Waals surface area contributed by atoms with Gasteiger partial charge in [-0.25, -0.2) is 9.97 Å². The van der Waals surface area contributed by atoms with Gasteiger partial charge in [-0.3, -0.25) is 0 Å². The van der Waals surface area contributed by atoms with Gasteiger partial charge in [0.25, 0.3) is 0 Å². The van der Waals surface area contributed by atoms with Gasteiger partial charge >= 0.3 is 0 Å². The summed E-state index contributed by atoms with van der Waals surface area (Å²) in [5.74, 6) is 1.61. The summed E-state index contributed by atoms with van der Waals surface area (Å²) >= 11 is 7.19. The van der Waals surface area contributed by atoms with E-state index in [9.17, 15) is 0 Å². The zero-order valence-corrected chi connectivity index (χ0v) is 24.3. The lowest BCUT2D eigenvalue weighted by Crippen LogP contribution is -2.02.